The molecule has 0 aromatic carbocycles. The number of aliphatic hydroxyl groups excluding tert-OH is 5. The zero-order valence-electron chi connectivity index (χ0n) is 15.4. The van der Waals surface area contributed by atoms with Crippen LogP contribution < -0.4 is 0 Å². The molecule has 2 aliphatic rings. The highest BCUT2D eigenvalue weighted by Gasteiger charge is 2.50. The molecule has 0 radical (unpaired) electrons. The normalized spacial score (nSPS) is 43.1. The largest absolute Gasteiger partial charge is 0.393 e. The van der Waals surface area contributed by atoms with Gasteiger partial charge < -0.3 is 49.6 Å². The number of allylic oxidation sites excluding steroid dienone is 1. The van der Waals surface area contributed by atoms with Gasteiger partial charge in [0.25, 0.3) is 0 Å². The van der Waals surface area contributed by atoms with Crippen molar-refractivity contribution in [2.24, 2.45) is 5.92 Å². The number of hydrogen-bond donors (Lipinski definition) is 6. The highest BCUT2D eigenvalue weighted by molar-refractivity contribution is 4.94. The van der Waals surface area contributed by atoms with Crippen LogP contribution in [0.4, 0.5) is 0 Å². The number of rotatable bonds is 8. The van der Waals surface area contributed by atoms with Crippen molar-refractivity contribution in [2.45, 2.75) is 62.5 Å². The lowest BCUT2D eigenvalue weighted by molar-refractivity contribution is -0.307. The van der Waals surface area contributed by atoms with Crippen molar-refractivity contribution >= 4 is 0 Å². The van der Waals surface area contributed by atoms with Crippen LogP contribution in [0.1, 0.15) is 13.8 Å². The molecule has 0 aromatic rings. The van der Waals surface area contributed by atoms with E-state index in [1.54, 1.807) is 6.08 Å². The topological polar surface area (TPSA) is 158 Å². The van der Waals surface area contributed by atoms with Gasteiger partial charge in [-0.3, -0.25) is 0 Å². The second-order valence-electron chi connectivity index (χ2n) is 7.24. The van der Waals surface area contributed by atoms with Crippen molar-refractivity contribution in [1.29, 1.82) is 0 Å². The molecule has 0 aromatic heterocycles. The highest BCUT2D eigenvalue weighted by Crippen LogP contribution is 2.27. The Hall–Kier alpha value is -0.660. The van der Waals surface area contributed by atoms with E-state index in [2.05, 4.69) is 0 Å². The smallest absolute Gasteiger partial charge is 0.187 e. The van der Waals surface area contributed by atoms with Crippen LogP contribution in [0, 0.1) is 5.92 Å². The van der Waals surface area contributed by atoms with E-state index in [9.17, 15) is 25.5 Å². The van der Waals surface area contributed by atoms with Gasteiger partial charge in [0.1, 0.15) is 36.1 Å². The first-order chi connectivity index (χ1) is 12.7. The van der Waals surface area contributed by atoms with Crippen molar-refractivity contribution in [2.75, 3.05) is 26.4 Å². The van der Waals surface area contributed by atoms with Gasteiger partial charge in [0.2, 0.25) is 0 Å². The lowest BCUT2D eigenvalue weighted by Gasteiger charge is -2.40. The Balaban J connectivity index is 1.89. The molecule has 2 heterocycles. The second-order valence-corrected chi connectivity index (χ2v) is 7.24. The average Bonchev–Trinajstić information content (AvgIpc) is 2.92. The molecule has 0 amide bonds. The van der Waals surface area contributed by atoms with Crippen molar-refractivity contribution in [3.8, 4) is 0 Å². The van der Waals surface area contributed by atoms with Crippen molar-refractivity contribution < 1.29 is 49.6 Å². The molecule has 2 saturated heterocycles. The van der Waals surface area contributed by atoms with E-state index in [0.29, 0.717) is 5.92 Å². The molecule has 0 aliphatic carbocycles. The fourth-order valence-corrected chi connectivity index (χ4v) is 2.79. The fourth-order valence-electron chi connectivity index (χ4n) is 2.79. The number of aliphatic hydroxyl groups is 6. The van der Waals surface area contributed by atoms with E-state index in [1.165, 1.54) is 0 Å². The third kappa shape index (κ3) is 5.45. The summed E-state index contributed by atoms with van der Waals surface area (Å²) in [6, 6.07) is 0. The molecule has 8 atom stereocenters. The van der Waals surface area contributed by atoms with Crippen LogP contribution in [0.2, 0.25) is 0 Å². The van der Waals surface area contributed by atoms with Crippen molar-refractivity contribution in [1.82, 2.24) is 0 Å². The predicted octanol–water partition coefficient (Wildman–Crippen LogP) is -2.52. The molecule has 27 heavy (non-hydrogen) atoms. The maximum atomic E-state index is 10.1. The summed E-state index contributed by atoms with van der Waals surface area (Å²) in [5.41, 5.74) is -1.83. The van der Waals surface area contributed by atoms with E-state index >= 15 is 0 Å². The molecule has 10 nitrogen and oxygen atoms in total. The lowest BCUT2D eigenvalue weighted by atomic mass is 9.99. The highest BCUT2D eigenvalue weighted by atomic mass is 16.7. The fraction of sp³-hybridized carbons (Fsp3) is 0.882. The minimum Gasteiger partial charge on any atom is -0.393 e. The van der Waals surface area contributed by atoms with Crippen LogP contribution in [-0.4, -0.2) is 106 Å². The molecule has 0 spiro atoms. The quantitative estimate of drug-likeness (QED) is 0.243. The minimum atomic E-state index is -1.83. The molecule has 2 aliphatic heterocycles. The molecular formula is C17H30O10. The summed E-state index contributed by atoms with van der Waals surface area (Å²) in [6.45, 7) is 2.79. The first-order valence-electron chi connectivity index (χ1n) is 8.92. The Labute approximate surface area is 157 Å². The number of hydrogen-bond acceptors (Lipinski definition) is 10. The van der Waals surface area contributed by atoms with Gasteiger partial charge >= 0.3 is 0 Å². The predicted molar refractivity (Wildman–Crippen MR) is 90.3 cm³/mol. The van der Waals surface area contributed by atoms with Crippen LogP contribution >= 0.6 is 0 Å². The first-order valence-corrected chi connectivity index (χ1v) is 8.92. The molecule has 0 saturated carbocycles. The van der Waals surface area contributed by atoms with E-state index in [1.807, 2.05) is 19.9 Å². The van der Waals surface area contributed by atoms with E-state index in [-0.39, 0.29) is 19.8 Å². The summed E-state index contributed by atoms with van der Waals surface area (Å²) in [5, 5.41) is 59.1. The second kappa shape index (κ2) is 9.70. The zero-order chi connectivity index (χ0) is 20.2. The summed E-state index contributed by atoms with van der Waals surface area (Å²) >= 11 is 0. The van der Waals surface area contributed by atoms with Gasteiger partial charge in [-0.05, 0) is 5.92 Å². The monoisotopic (exact) mass is 394 g/mol. The Morgan fingerprint density at radius 1 is 1.07 bits per heavy atom. The molecule has 6 N–H and O–H groups in total. The van der Waals surface area contributed by atoms with Crippen molar-refractivity contribution in [3.05, 3.63) is 12.2 Å². The SMILES string of the molecule is CC(C)/C=C/CO[C@@H]1O[C@H](CO[C@@H]2OC[C@](O)(CO)[C@H]2O)[C@@H](O)[C@H](O)[C@H]1O. The Bertz CT molecular complexity index is 486. The van der Waals surface area contributed by atoms with Crippen LogP contribution in [0.5, 0.6) is 0 Å². The van der Waals surface area contributed by atoms with E-state index < -0.39 is 55.3 Å². The third-order valence-corrected chi connectivity index (χ3v) is 4.55. The zero-order valence-corrected chi connectivity index (χ0v) is 15.4. The van der Waals surface area contributed by atoms with Crippen LogP contribution in [0.3, 0.4) is 0 Å². The Kier molecular flexibility index (Phi) is 8.13. The van der Waals surface area contributed by atoms with E-state index in [0.717, 1.165) is 0 Å². The maximum absolute atomic E-state index is 10.1. The average molecular weight is 394 g/mol. The summed E-state index contributed by atoms with van der Waals surface area (Å²) in [6.07, 6.45) is -5.75. The lowest BCUT2D eigenvalue weighted by Crippen LogP contribution is -2.59. The van der Waals surface area contributed by atoms with Gasteiger partial charge in [0.15, 0.2) is 12.6 Å². The van der Waals surface area contributed by atoms with Gasteiger partial charge in [-0.1, -0.05) is 26.0 Å². The van der Waals surface area contributed by atoms with Crippen LogP contribution in [0.15, 0.2) is 12.2 Å². The summed E-state index contributed by atoms with van der Waals surface area (Å²) in [5.74, 6) is 0.328. The molecule has 158 valence electrons. The van der Waals surface area contributed by atoms with Crippen LogP contribution in [-0.2, 0) is 18.9 Å². The van der Waals surface area contributed by atoms with Gasteiger partial charge in [0.05, 0.1) is 26.4 Å². The maximum Gasteiger partial charge on any atom is 0.187 e. The Morgan fingerprint density at radius 3 is 2.37 bits per heavy atom. The van der Waals surface area contributed by atoms with Gasteiger partial charge in [-0.15, -0.1) is 0 Å². The summed E-state index contributed by atoms with van der Waals surface area (Å²) < 4.78 is 21.3. The molecular weight excluding hydrogens is 364 g/mol. The standard InChI is InChI=1S/C17H30O10/c1-9(2)4-3-5-24-15-13(21)12(20)11(19)10(27-15)6-25-16-14(22)17(23,7-18)8-26-16/h3-4,9-16,18-23H,5-8H2,1-2H3/b4-3+/t10-,11-,12+,13-,14+,15-,16-,17-/m1/s1. The minimum absolute atomic E-state index is 0.143. The van der Waals surface area contributed by atoms with Crippen molar-refractivity contribution in [3.63, 3.8) is 0 Å². The summed E-state index contributed by atoms with van der Waals surface area (Å²) in [7, 11) is 0. The third-order valence-electron chi connectivity index (χ3n) is 4.55. The number of ether oxygens (including phenoxy) is 4. The molecule has 0 bridgehead atoms. The van der Waals surface area contributed by atoms with Gasteiger partial charge in [0, 0.05) is 0 Å². The van der Waals surface area contributed by atoms with E-state index in [4.69, 9.17) is 24.1 Å². The summed E-state index contributed by atoms with van der Waals surface area (Å²) in [4.78, 5) is 0. The van der Waals surface area contributed by atoms with Gasteiger partial charge in [-0.25, -0.2) is 0 Å². The Morgan fingerprint density at radius 2 is 1.78 bits per heavy atom. The first kappa shape index (κ1) is 22.6. The van der Waals surface area contributed by atoms with Gasteiger partial charge in [-0.2, -0.15) is 0 Å². The molecule has 2 rings (SSSR count). The molecule has 10 heteroatoms. The molecule has 0 unspecified atom stereocenters. The van der Waals surface area contributed by atoms with Crippen LogP contribution in [0.25, 0.3) is 0 Å². The molecule has 2 fully saturated rings.